The first-order chi connectivity index (χ1) is 8.16. The van der Waals surface area contributed by atoms with Crippen molar-refractivity contribution in [3.05, 3.63) is 28.8 Å². The van der Waals surface area contributed by atoms with Gasteiger partial charge in [0.1, 0.15) is 5.75 Å². The molecule has 18 heavy (non-hydrogen) atoms. The molecule has 2 rings (SSSR count). The van der Waals surface area contributed by atoms with Crippen LogP contribution in [-0.4, -0.2) is 19.7 Å². The van der Waals surface area contributed by atoms with Gasteiger partial charge >= 0.3 is 0 Å². The van der Waals surface area contributed by atoms with Crippen molar-refractivity contribution in [2.24, 2.45) is 5.92 Å². The van der Waals surface area contributed by atoms with Crippen molar-refractivity contribution >= 4 is 24.0 Å². The van der Waals surface area contributed by atoms with Crippen LogP contribution in [-0.2, 0) is 0 Å². The van der Waals surface area contributed by atoms with Crippen LogP contribution in [0, 0.1) is 5.92 Å². The lowest BCUT2D eigenvalue weighted by molar-refractivity contribution is 0.260. The fraction of sp³-hybridized carbons (Fsp3) is 0.571. The van der Waals surface area contributed by atoms with Crippen LogP contribution in [0.3, 0.4) is 0 Å². The Morgan fingerprint density at radius 2 is 2.22 bits per heavy atom. The van der Waals surface area contributed by atoms with Crippen LogP contribution in [0.5, 0.6) is 5.75 Å². The van der Waals surface area contributed by atoms with Crippen molar-refractivity contribution in [1.29, 1.82) is 0 Å². The van der Waals surface area contributed by atoms with E-state index in [0.717, 1.165) is 30.5 Å². The van der Waals surface area contributed by atoms with E-state index < -0.39 is 0 Å². The van der Waals surface area contributed by atoms with Gasteiger partial charge in [0.15, 0.2) is 0 Å². The van der Waals surface area contributed by atoms with Crippen molar-refractivity contribution in [1.82, 2.24) is 5.32 Å². The van der Waals surface area contributed by atoms with Crippen LogP contribution in [0.15, 0.2) is 18.2 Å². The van der Waals surface area contributed by atoms with Gasteiger partial charge < -0.3 is 10.1 Å². The Kier molecular flexibility index (Phi) is 6.27. The molecule has 1 aliphatic heterocycles. The van der Waals surface area contributed by atoms with E-state index in [9.17, 15) is 0 Å². The summed E-state index contributed by atoms with van der Waals surface area (Å²) in [4.78, 5) is 0. The van der Waals surface area contributed by atoms with Gasteiger partial charge in [0.25, 0.3) is 0 Å². The van der Waals surface area contributed by atoms with Gasteiger partial charge in [-0.3, -0.25) is 0 Å². The fourth-order valence-electron chi connectivity index (χ4n) is 2.06. The zero-order valence-corrected chi connectivity index (χ0v) is 12.5. The van der Waals surface area contributed by atoms with E-state index in [1.165, 1.54) is 12.0 Å². The van der Waals surface area contributed by atoms with E-state index in [0.29, 0.717) is 11.8 Å². The van der Waals surface area contributed by atoms with Crippen LogP contribution in [0.1, 0.15) is 31.7 Å². The number of nitrogens with one attached hydrogen (secondary N) is 1. The maximum Gasteiger partial charge on any atom is 0.137 e. The summed E-state index contributed by atoms with van der Waals surface area (Å²) < 4.78 is 5.78. The standard InChI is InChI=1S/C14H20ClNO.ClH/c1-10(2)12-3-4-14(13(15)7-12)17-9-11-5-6-16-8-11;/h3-4,7,10-11,16H,5-6,8-9H2,1-2H3;1H. The Bertz CT molecular complexity index is 376. The lowest BCUT2D eigenvalue weighted by atomic mass is 10.0. The van der Waals surface area contributed by atoms with E-state index in [1.54, 1.807) is 0 Å². The molecule has 0 spiro atoms. The molecule has 0 amide bonds. The molecule has 1 fully saturated rings. The molecule has 1 heterocycles. The third-order valence-corrected chi connectivity index (χ3v) is 3.55. The summed E-state index contributed by atoms with van der Waals surface area (Å²) in [5.74, 6) is 1.93. The van der Waals surface area contributed by atoms with Gasteiger partial charge in [-0.15, -0.1) is 12.4 Å². The Morgan fingerprint density at radius 1 is 1.44 bits per heavy atom. The zero-order chi connectivity index (χ0) is 12.3. The van der Waals surface area contributed by atoms with Crippen molar-refractivity contribution in [3.8, 4) is 5.75 Å². The first kappa shape index (κ1) is 15.6. The summed E-state index contributed by atoms with van der Waals surface area (Å²) in [6, 6.07) is 6.09. The summed E-state index contributed by atoms with van der Waals surface area (Å²) in [7, 11) is 0. The largest absolute Gasteiger partial charge is 0.492 e. The minimum Gasteiger partial charge on any atom is -0.492 e. The number of halogens is 2. The van der Waals surface area contributed by atoms with E-state index in [1.807, 2.05) is 12.1 Å². The van der Waals surface area contributed by atoms with Crippen LogP contribution in [0.25, 0.3) is 0 Å². The average molecular weight is 290 g/mol. The van der Waals surface area contributed by atoms with Crippen LogP contribution in [0.4, 0.5) is 0 Å². The summed E-state index contributed by atoms with van der Waals surface area (Å²) in [5, 5.41) is 4.06. The number of hydrogen-bond acceptors (Lipinski definition) is 2. The highest BCUT2D eigenvalue weighted by molar-refractivity contribution is 6.32. The van der Waals surface area contributed by atoms with Crippen molar-refractivity contribution in [2.45, 2.75) is 26.2 Å². The molecular formula is C14H21Cl2NO. The third kappa shape index (κ3) is 4.04. The van der Waals surface area contributed by atoms with E-state index in [-0.39, 0.29) is 12.4 Å². The summed E-state index contributed by atoms with van der Waals surface area (Å²) in [6.45, 7) is 7.25. The Hall–Kier alpha value is -0.440. The van der Waals surface area contributed by atoms with Gasteiger partial charge in [-0.2, -0.15) is 0 Å². The van der Waals surface area contributed by atoms with Crippen molar-refractivity contribution < 1.29 is 4.74 Å². The number of benzene rings is 1. The third-order valence-electron chi connectivity index (χ3n) is 3.26. The molecule has 0 aliphatic carbocycles. The molecule has 0 radical (unpaired) electrons. The lowest BCUT2D eigenvalue weighted by Crippen LogP contribution is -2.15. The molecule has 1 unspecified atom stereocenters. The molecule has 1 aliphatic rings. The zero-order valence-electron chi connectivity index (χ0n) is 10.9. The maximum atomic E-state index is 6.22. The summed E-state index contributed by atoms with van der Waals surface area (Å²) in [5.41, 5.74) is 1.25. The van der Waals surface area contributed by atoms with Crippen LogP contribution in [0.2, 0.25) is 5.02 Å². The minimum atomic E-state index is 0. The smallest absolute Gasteiger partial charge is 0.137 e. The molecule has 102 valence electrons. The van der Waals surface area contributed by atoms with Crippen molar-refractivity contribution in [2.75, 3.05) is 19.7 Å². The molecule has 4 heteroatoms. The van der Waals surface area contributed by atoms with Gasteiger partial charge in [-0.25, -0.2) is 0 Å². The molecular weight excluding hydrogens is 269 g/mol. The molecule has 2 nitrogen and oxygen atoms in total. The monoisotopic (exact) mass is 289 g/mol. The first-order valence-corrected chi connectivity index (χ1v) is 6.67. The quantitative estimate of drug-likeness (QED) is 0.908. The molecule has 1 atom stereocenters. The Labute approximate surface area is 120 Å². The molecule has 0 bridgehead atoms. The highest BCUT2D eigenvalue weighted by Gasteiger charge is 2.15. The average Bonchev–Trinajstić information content (AvgIpc) is 2.80. The predicted molar refractivity (Wildman–Crippen MR) is 79.3 cm³/mol. The summed E-state index contributed by atoms with van der Waals surface area (Å²) in [6.07, 6.45) is 1.20. The van der Waals surface area contributed by atoms with Gasteiger partial charge in [0.2, 0.25) is 0 Å². The second kappa shape index (κ2) is 7.22. The van der Waals surface area contributed by atoms with E-state index >= 15 is 0 Å². The van der Waals surface area contributed by atoms with Gasteiger partial charge in [0, 0.05) is 12.5 Å². The van der Waals surface area contributed by atoms with Gasteiger partial charge in [-0.1, -0.05) is 31.5 Å². The van der Waals surface area contributed by atoms with Crippen molar-refractivity contribution in [3.63, 3.8) is 0 Å². The Morgan fingerprint density at radius 3 is 2.78 bits per heavy atom. The maximum absolute atomic E-state index is 6.22. The Balaban J connectivity index is 0.00000162. The van der Waals surface area contributed by atoms with E-state index in [4.69, 9.17) is 16.3 Å². The van der Waals surface area contributed by atoms with Crippen LogP contribution >= 0.6 is 24.0 Å². The normalized spacial score (nSPS) is 18.8. The number of hydrogen-bond donors (Lipinski definition) is 1. The molecule has 1 aromatic rings. The summed E-state index contributed by atoms with van der Waals surface area (Å²) >= 11 is 6.22. The molecule has 1 aromatic carbocycles. The topological polar surface area (TPSA) is 21.3 Å². The first-order valence-electron chi connectivity index (χ1n) is 6.30. The second-order valence-corrected chi connectivity index (χ2v) is 5.42. The molecule has 0 saturated carbocycles. The van der Waals surface area contributed by atoms with Crippen LogP contribution < -0.4 is 10.1 Å². The minimum absolute atomic E-state index is 0. The predicted octanol–water partition coefficient (Wildman–Crippen LogP) is 3.87. The SMILES string of the molecule is CC(C)c1ccc(OCC2CCNC2)c(Cl)c1.Cl. The number of ether oxygens (including phenoxy) is 1. The number of rotatable bonds is 4. The van der Waals surface area contributed by atoms with E-state index in [2.05, 4.69) is 25.2 Å². The highest BCUT2D eigenvalue weighted by Crippen LogP contribution is 2.29. The van der Waals surface area contributed by atoms with Gasteiger partial charge in [0.05, 0.1) is 11.6 Å². The molecule has 1 saturated heterocycles. The van der Waals surface area contributed by atoms with Gasteiger partial charge in [-0.05, 0) is 36.6 Å². The lowest BCUT2D eigenvalue weighted by Gasteiger charge is -2.13. The molecule has 1 N–H and O–H groups in total. The second-order valence-electron chi connectivity index (χ2n) is 5.01. The fourth-order valence-corrected chi connectivity index (χ4v) is 2.30. The highest BCUT2D eigenvalue weighted by atomic mass is 35.5. The molecule has 0 aromatic heterocycles.